The number of carbonyl (C=O) groups excluding carboxylic acids is 2. The number of aliphatic hydroxyl groups excluding tert-OH is 1. The molecule has 2 aromatic carbocycles. The van der Waals surface area contributed by atoms with Crippen molar-refractivity contribution in [2.75, 3.05) is 32.8 Å². The van der Waals surface area contributed by atoms with Gasteiger partial charge >= 0.3 is 0 Å². The van der Waals surface area contributed by atoms with Gasteiger partial charge in [-0.25, -0.2) is 0 Å². The molecule has 6 nitrogen and oxygen atoms in total. The predicted molar refractivity (Wildman–Crippen MR) is 135 cm³/mol. The highest BCUT2D eigenvalue weighted by molar-refractivity contribution is 6.46. The van der Waals surface area contributed by atoms with Gasteiger partial charge in [0.25, 0.3) is 11.7 Å². The van der Waals surface area contributed by atoms with Crippen molar-refractivity contribution in [3.63, 3.8) is 0 Å². The molecular weight excluding hydrogens is 428 g/mol. The molecule has 3 rings (SSSR count). The number of benzene rings is 2. The number of likely N-dealkylation sites (tertiary alicyclic amines) is 1. The number of hydrogen-bond acceptors (Lipinski definition) is 5. The summed E-state index contributed by atoms with van der Waals surface area (Å²) in [5, 5.41) is 11.3. The molecule has 0 aromatic heterocycles. The summed E-state index contributed by atoms with van der Waals surface area (Å²) >= 11 is 0. The van der Waals surface area contributed by atoms with Crippen LogP contribution in [0.15, 0.2) is 48.0 Å². The van der Waals surface area contributed by atoms with Crippen LogP contribution < -0.4 is 4.74 Å². The molecule has 0 spiro atoms. The maximum atomic E-state index is 13.2. The molecule has 1 amide bonds. The Labute approximate surface area is 202 Å². The molecular formula is C28H36N2O4. The minimum atomic E-state index is -0.647. The van der Waals surface area contributed by atoms with E-state index in [1.54, 1.807) is 23.1 Å². The second kappa shape index (κ2) is 11.3. The number of carbonyl (C=O) groups is 2. The normalized spacial score (nSPS) is 17.6. The summed E-state index contributed by atoms with van der Waals surface area (Å²) in [6.45, 7) is 13.5. The Morgan fingerprint density at radius 3 is 2.29 bits per heavy atom. The van der Waals surface area contributed by atoms with Crippen molar-refractivity contribution >= 4 is 17.4 Å². The van der Waals surface area contributed by atoms with Crippen molar-refractivity contribution < 1.29 is 19.4 Å². The molecule has 0 bridgehead atoms. The summed E-state index contributed by atoms with van der Waals surface area (Å²) in [6.07, 6.45) is 0.897. The van der Waals surface area contributed by atoms with Gasteiger partial charge in [0.05, 0.1) is 18.2 Å². The van der Waals surface area contributed by atoms with Gasteiger partial charge < -0.3 is 19.6 Å². The van der Waals surface area contributed by atoms with Gasteiger partial charge in [0.2, 0.25) is 0 Å². The number of rotatable bonds is 10. The monoisotopic (exact) mass is 464 g/mol. The Hall–Kier alpha value is -3.12. The number of hydrogen-bond donors (Lipinski definition) is 1. The van der Waals surface area contributed by atoms with Crippen LogP contribution in [0.2, 0.25) is 0 Å². The SMILES string of the molecule is CCCOc1ccc(C(O)=C2C(=O)C(=O)N(CCN(CC)CC)[C@@H]2c2ccc(C)cc2)cc1C. The lowest BCUT2D eigenvalue weighted by Crippen LogP contribution is -2.38. The maximum absolute atomic E-state index is 13.2. The number of amides is 1. The molecule has 34 heavy (non-hydrogen) atoms. The summed E-state index contributed by atoms with van der Waals surface area (Å²) in [5.74, 6) is -0.627. The molecule has 0 saturated carbocycles. The number of nitrogens with zero attached hydrogens (tertiary/aromatic N) is 2. The first-order chi connectivity index (χ1) is 16.3. The van der Waals surface area contributed by atoms with E-state index in [1.165, 1.54) is 0 Å². The molecule has 1 fully saturated rings. The van der Waals surface area contributed by atoms with Gasteiger partial charge in [-0.2, -0.15) is 0 Å². The van der Waals surface area contributed by atoms with Crippen LogP contribution in [0.5, 0.6) is 5.75 Å². The molecule has 1 aliphatic rings. The molecule has 1 N–H and O–H groups in total. The van der Waals surface area contributed by atoms with Crippen molar-refractivity contribution in [3.05, 3.63) is 70.3 Å². The minimum absolute atomic E-state index is 0.134. The Balaban J connectivity index is 2.06. The predicted octanol–water partition coefficient (Wildman–Crippen LogP) is 4.86. The molecule has 1 aliphatic heterocycles. The molecule has 1 atom stereocenters. The van der Waals surface area contributed by atoms with E-state index in [4.69, 9.17) is 4.74 Å². The van der Waals surface area contributed by atoms with Crippen LogP contribution in [-0.2, 0) is 9.59 Å². The van der Waals surface area contributed by atoms with Crippen LogP contribution in [0.25, 0.3) is 5.76 Å². The van der Waals surface area contributed by atoms with Crippen LogP contribution in [0, 0.1) is 13.8 Å². The Kier molecular flexibility index (Phi) is 8.51. The lowest BCUT2D eigenvalue weighted by Gasteiger charge is -2.28. The van der Waals surface area contributed by atoms with Crippen molar-refractivity contribution in [3.8, 4) is 5.75 Å². The van der Waals surface area contributed by atoms with Gasteiger partial charge in [-0.15, -0.1) is 0 Å². The molecule has 6 heteroatoms. The van der Waals surface area contributed by atoms with Gasteiger partial charge in [-0.1, -0.05) is 50.6 Å². The zero-order valence-corrected chi connectivity index (χ0v) is 20.9. The number of Topliss-reactive ketones (excluding diaryl/α,β-unsaturated/α-hetero) is 1. The Morgan fingerprint density at radius 1 is 1.03 bits per heavy atom. The van der Waals surface area contributed by atoms with E-state index in [2.05, 4.69) is 18.7 Å². The highest BCUT2D eigenvalue weighted by Crippen LogP contribution is 2.39. The number of aliphatic hydroxyl groups is 1. The maximum Gasteiger partial charge on any atom is 0.295 e. The van der Waals surface area contributed by atoms with Crippen LogP contribution in [0.3, 0.4) is 0 Å². The third-order valence-corrected chi connectivity index (χ3v) is 6.39. The van der Waals surface area contributed by atoms with Crippen molar-refractivity contribution in [1.82, 2.24) is 9.80 Å². The van der Waals surface area contributed by atoms with Gasteiger partial charge in [0.15, 0.2) is 0 Å². The van der Waals surface area contributed by atoms with Crippen molar-refractivity contribution in [2.24, 2.45) is 0 Å². The number of ketones is 1. The largest absolute Gasteiger partial charge is 0.507 e. The van der Waals surface area contributed by atoms with E-state index in [1.807, 2.05) is 45.0 Å². The first-order valence-corrected chi connectivity index (χ1v) is 12.1. The second-order valence-electron chi connectivity index (χ2n) is 8.76. The first-order valence-electron chi connectivity index (χ1n) is 12.1. The lowest BCUT2D eigenvalue weighted by molar-refractivity contribution is -0.140. The standard InChI is InChI=1S/C28H36N2O4/c1-6-17-34-23-14-13-22(18-20(23)5)26(31)24-25(21-11-9-19(4)10-12-21)30(28(33)27(24)32)16-15-29(7-2)8-3/h9-14,18,25,31H,6-8,15-17H2,1-5H3/t25-/m1/s1. The highest BCUT2D eigenvalue weighted by Gasteiger charge is 2.45. The molecule has 182 valence electrons. The number of likely N-dealkylation sites (N-methyl/N-ethyl adjacent to an activating group) is 1. The van der Waals surface area contributed by atoms with Gasteiger partial charge in [0.1, 0.15) is 11.5 Å². The van der Waals surface area contributed by atoms with Crippen molar-refractivity contribution in [1.29, 1.82) is 0 Å². The Bertz CT molecular complexity index is 1050. The van der Waals surface area contributed by atoms with E-state index in [0.717, 1.165) is 42.0 Å². The topological polar surface area (TPSA) is 70.1 Å². The van der Waals surface area contributed by atoms with Crippen LogP contribution in [-0.4, -0.2) is 59.4 Å². The van der Waals surface area contributed by atoms with Gasteiger partial charge in [-0.05, 0) is 62.7 Å². The molecule has 1 saturated heterocycles. The van der Waals surface area contributed by atoms with E-state index in [9.17, 15) is 14.7 Å². The molecule has 0 radical (unpaired) electrons. The second-order valence-corrected chi connectivity index (χ2v) is 8.76. The molecule has 1 heterocycles. The average Bonchev–Trinajstić information content (AvgIpc) is 3.09. The fraction of sp³-hybridized carbons (Fsp3) is 0.429. The van der Waals surface area contributed by atoms with Crippen LogP contribution in [0.1, 0.15) is 55.5 Å². The summed E-state index contributed by atoms with van der Waals surface area (Å²) in [4.78, 5) is 30.1. The van der Waals surface area contributed by atoms with Gasteiger partial charge in [-0.3, -0.25) is 9.59 Å². The fourth-order valence-corrected chi connectivity index (χ4v) is 4.32. The first kappa shape index (κ1) is 25.5. The molecule has 0 unspecified atom stereocenters. The smallest absolute Gasteiger partial charge is 0.295 e. The van der Waals surface area contributed by atoms with Crippen molar-refractivity contribution in [2.45, 2.75) is 47.1 Å². The summed E-state index contributed by atoms with van der Waals surface area (Å²) in [7, 11) is 0. The molecule has 2 aromatic rings. The third kappa shape index (κ3) is 5.33. The van der Waals surface area contributed by atoms with Gasteiger partial charge in [0, 0.05) is 18.7 Å². The molecule has 0 aliphatic carbocycles. The van der Waals surface area contributed by atoms with E-state index in [-0.39, 0.29) is 11.3 Å². The highest BCUT2D eigenvalue weighted by atomic mass is 16.5. The van der Waals surface area contributed by atoms with Crippen LogP contribution in [0.4, 0.5) is 0 Å². The van der Waals surface area contributed by atoms with E-state index in [0.29, 0.717) is 25.3 Å². The van der Waals surface area contributed by atoms with E-state index >= 15 is 0 Å². The van der Waals surface area contributed by atoms with E-state index < -0.39 is 17.7 Å². The zero-order chi connectivity index (χ0) is 24.8. The quantitative estimate of drug-likeness (QED) is 0.309. The fourth-order valence-electron chi connectivity index (χ4n) is 4.32. The number of ether oxygens (including phenoxy) is 1. The summed E-state index contributed by atoms with van der Waals surface area (Å²) in [6, 6.07) is 12.5. The number of aryl methyl sites for hydroxylation is 2. The summed E-state index contributed by atoms with van der Waals surface area (Å²) < 4.78 is 5.75. The average molecular weight is 465 g/mol. The van der Waals surface area contributed by atoms with Crippen LogP contribution >= 0.6 is 0 Å². The third-order valence-electron chi connectivity index (χ3n) is 6.39. The Morgan fingerprint density at radius 2 is 1.71 bits per heavy atom. The minimum Gasteiger partial charge on any atom is -0.507 e. The summed E-state index contributed by atoms with van der Waals surface area (Å²) in [5.41, 5.74) is 3.39. The lowest BCUT2D eigenvalue weighted by atomic mass is 9.94. The zero-order valence-electron chi connectivity index (χ0n) is 20.9.